The number of rotatable bonds is 0. The number of aromatic nitrogens is 2. The van der Waals surface area contributed by atoms with Crippen molar-refractivity contribution in [1.29, 1.82) is 5.41 Å². The molecule has 9 heavy (non-hydrogen) atoms. The number of hydrogen-bond donors (Lipinski definition) is 3. The molecule has 0 atom stereocenters. The van der Waals surface area contributed by atoms with Crippen molar-refractivity contribution in [2.24, 2.45) is 0 Å². The van der Waals surface area contributed by atoms with Gasteiger partial charge in [-0.1, -0.05) is 0 Å². The monoisotopic (exact) mass is 126 g/mol. The Labute approximate surface area is 50.9 Å². The van der Waals surface area contributed by atoms with Crippen molar-refractivity contribution in [3.8, 4) is 0 Å². The summed E-state index contributed by atoms with van der Waals surface area (Å²) in [6, 6.07) is 1.25. The fourth-order valence-corrected chi connectivity index (χ4v) is 0.427. The minimum atomic E-state index is -0.0810. The van der Waals surface area contributed by atoms with Crippen molar-refractivity contribution >= 4 is 5.82 Å². The van der Waals surface area contributed by atoms with Crippen LogP contribution in [0.25, 0.3) is 0 Å². The Bertz CT molecular complexity index is 266. The van der Waals surface area contributed by atoms with E-state index in [1.165, 1.54) is 6.07 Å². The molecule has 48 valence electrons. The second-order valence-corrected chi connectivity index (χ2v) is 1.54. The first-order valence-corrected chi connectivity index (χ1v) is 2.28. The SMILES string of the molecule is N=c1cc(N)ncn1O. The number of hydrogen-bond acceptors (Lipinski definition) is 4. The summed E-state index contributed by atoms with van der Waals surface area (Å²) in [7, 11) is 0. The van der Waals surface area contributed by atoms with Gasteiger partial charge in [0.25, 0.3) is 0 Å². The lowest BCUT2D eigenvalue weighted by molar-refractivity contribution is 0.167. The summed E-state index contributed by atoms with van der Waals surface area (Å²) in [5.74, 6) is 0.227. The zero-order valence-corrected chi connectivity index (χ0v) is 4.57. The minimum absolute atomic E-state index is 0.0810. The Hall–Kier alpha value is -1.52. The molecular weight excluding hydrogens is 120 g/mol. The molecule has 5 heteroatoms. The molecule has 0 fully saturated rings. The van der Waals surface area contributed by atoms with Gasteiger partial charge in [0, 0.05) is 6.07 Å². The van der Waals surface area contributed by atoms with Gasteiger partial charge in [-0.15, -0.1) is 0 Å². The van der Waals surface area contributed by atoms with Gasteiger partial charge in [0.1, 0.15) is 12.1 Å². The van der Waals surface area contributed by atoms with E-state index >= 15 is 0 Å². The van der Waals surface area contributed by atoms with E-state index in [0.29, 0.717) is 4.73 Å². The van der Waals surface area contributed by atoms with E-state index in [-0.39, 0.29) is 11.3 Å². The normalized spacial score (nSPS) is 9.33. The third-order valence-electron chi connectivity index (χ3n) is 0.848. The van der Waals surface area contributed by atoms with Gasteiger partial charge in [0.15, 0.2) is 5.49 Å². The van der Waals surface area contributed by atoms with E-state index in [4.69, 9.17) is 16.4 Å². The molecule has 0 unspecified atom stereocenters. The van der Waals surface area contributed by atoms with E-state index in [1.54, 1.807) is 0 Å². The van der Waals surface area contributed by atoms with E-state index in [0.717, 1.165) is 6.33 Å². The van der Waals surface area contributed by atoms with Gasteiger partial charge in [-0.25, -0.2) is 4.98 Å². The van der Waals surface area contributed by atoms with Crippen LogP contribution in [0.4, 0.5) is 5.82 Å². The highest BCUT2D eigenvalue weighted by molar-refractivity contribution is 5.22. The molecule has 0 aromatic carbocycles. The summed E-state index contributed by atoms with van der Waals surface area (Å²) in [4.78, 5) is 3.51. The van der Waals surface area contributed by atoms with Gasteiger partial charge in [-0.3, -0.25) is 5.41 Å². The molecule has 1 rings (SSSR count). The molecule has 0 radical (unpaired) electrons. The van der Waals surface area contributed by atoms with Crippen LogP contribution in [-0.2, 0) is 0 Å². The van der Waals surface area contributed by atoms with Crippen LogP contribution >= 0.6 is 0 Å². The van der Waals surface area contributed by atoms with Crippen molar-refractivity contribution in [2.45, 2.75) is 0 Å². The lowest BCUT2D eigenvalue weighted by Gasteiger charge is -1.94. The van der Waals surface area contributed by atoms with Crippen LogP contribution in [0.3, 0.4) is 0 Å². The molecule has 0 saturated heterocycles. The maximum absolute atomic E-state index is 8.65. The number of nitrogens with zero attached hydrogens (tertiary/aromatic N) is 2. The number of nitrogens with two attached hydrogens (primary N) is 1. The van der Waals surface area contributed by atoms with Crippen molar-refractivity contribution in [3.63, 3.8) is 0 Å². The van der Waals surface area contributed by atoms with E-state index in [1.807, 2.05) is 0 Å². The Morgan fingerprint density at radius 1 is 1.78 bits per heavy atom. The van der Waals surface area contributed by atoms with Crippen molar-refractivity contribution in [2.75, 3.05) is 5.73 Å². The van der Waals surface area contributed by atoms with Crippen LogP contribution in [0, 0.1) is 5.41 Å². The first-order chi connectivity index (χ1) is 4.20. The Morgan fingerprint density at radius 3 is 2.89 bits per heavy atom. The topological polar surface area (TPSA) is 87.9 Å². The summed E-state index contributed by atoms with van der Waals surface area (Å²) < 4.78 is 0.580. The van der Waals surface area contributed by atoms with Crippen molar-refractivity contribution in [3.05, 3.63) is 17.9 Å². The molecule has 1 aromatic rings. The second kappa shape index (κ2) is 1.77. The fraction of sp³-hybridized carbons (Fsp3) is 0. The van der Waals surface area contributed by atoms with E-state index in [2.05, 4.69) is 4.98 Å². The van der Waals surface area contributed by atoms with Gasteiger partial charge >= 0.3 is 0 Å². The third kappa shape index (κ3) is 0.987. The zero-order valence-electron chi connectivity index (χ0n) is 4.57. The maximum Gasteiger partial charge on any atom is 0.166 e. The number of nitrogen functional groups attached to an aromatic ring is 1. The largest absolute Gasteiger partial charge is 0.425 e. The summed E-state index contributed by atoms with van der Waals surface area (Å²) in [6.07, 6.45) is 1.07. The van der Waals surface area contributed by atoms with Crippen LogP contribution in [0.1, 0.15) is 0 Å². The molecule has 1 heterocycles. The molecule has 0 spiro atoms. The predicted molar refractivity (Wildman–Crippen MR) is 29.7 cm³/mol. The fourth-order valence-electron chi connectivity index (χ4n) is 0.427. The van der Waals surface area contributed by atoms with Gasteiger partial charge in [0.05, 0.1) is 0 Å². The summed E-state index contributed by atoms with van der Waals surface area (Å²) in [6.45, 7) is 0. The Balaban J connectivity index is 3.34. The maximum atomic E-state index is 8.65. The predicted octanol–water partition coefficient (Wildman–Crippen LogP) is -0.818. The molecule has 0 bridgehead atoms. The number of nitrogens with one attached hydrogen (secondary N) is 1. The van der Waals surface area contributed by atoms with Crippen molar-refractivity contribution in [1.82, 2.24) is 9.71 Å². The molecule has 0 aliphatic rings. The summed E-state index contributed by atoms with van der Waals surface area (Å²) in [5, 5.41) is 15.6. The standard InChI is InChI=1S/C4H6N4O/c5-3-1-4(6)8(9)2-7-3/h1-2,6,9H,5H2. The Morgan fingerprint density at radius 2 is 2.44 bits per heavy atom. The first kappa shape index (κ1) is 5.61. The minimum Gasteiger partial charge on any atom is -0.425 e. The lowest BCUT2D eigenvalue weighted by Crippen LogP contribution is -2.17. The van der Waals surface area contributed by atoms with Crippen LogP contribution in [0.5, 0.6) is 0 Å². The van der Waals surface area contributed by atoms with Crippen LogP contribution in [0.15, 0.2) is 12.4 Å². The average Bonchev–Trinajstić information content (AvgIpc) is 1.80. The molecular formula is C4H6N4O. The lowest BCUT2D eigenvalue weighted by atomic mass is 10.6. The quantitative estimate of drug-likeness (QED) is 0.397. The highest BCUT2D eigenvalue weighted by Gasteiger charge is 1.87. The molecule has 0 amide bonds. The zero-order chi connectivity index (χ0) is 6.85. The second-order valence-electron chi connectivity index (χ2n) is 1.54. The van der Waals surface area contributed by atoms with Crippen LogP contribution < -0.4 is 11.2 Å². The molecule has 5 nitrogen and oxygen atoms in total. The van der Waals surface area contributed by atoms with Gasteiger partial charge in [0.2, 0.25) is 0 Å². The highest BCUT2D eigenvalue weighted by atomic mass is 16.5. The molecule has 0 aliphatic carbocycles. The summed E-state index contributed by atoms with van der Waals surface area (Å²) in [5.41, 5.74) is 5.09. The van der Waals surface area contributed by atoms with Crippen LogP contribution in [0.2, 0.25) is 0 Å². The van der Waals surface area contributed by atoms with E-state index in [9.17, 15) is 0 Å². The van der Waals surface area contributed by atoms with Crippen LogP contribution in [-0.4, -0.2) is 14.9 Å². The summed E-state index contributed by atoms with van der Waals surface area (Å²) >= 11 is 0. The van der Waals surface area contributed by atoms with E-state index < -0.39 is 0 Å². The van der Waals surface area contributed by atoms with Crippen molar-refractivity contribution < 1.29 is 5.21 Å². The average molecular weight is 126 g/mol. The van der Waals surface area contributed by atoms with Gasteiger partial charge in [-0.2, -0.15) is 4.73 Å². The highest BCUT2D eigenvalue weighted by Crippen LogP contribution is 1.83. The van der Waals surface area contributed by atoms with Gasteiger partial charge < -0.3 is 10.9 Å². The smallest absolute Gasteiger partial charge is 0.166 e. The first-order valence-electron chi connectivity index (χ1n) is 2.28. The third-order valence-corrected chi connectivity index (χ3v) is 0.848. The molecule has 1 aromatic heterocycles. The van der Waals surface area contributed by atoms with Gasteiger partial charge in [-0.05, 0) is 0 Å². The molecule has 0 aliphatic heterocycles. The molecule has 4 N–H and O–H groups in total. The molecule has 0 saturated carbocycles. The Kier molecular flexibility index (Phi) is 1.11. The number of anilines is 1.